The van der Waals surface area contributed by atoms with Crippen LogP contribution in [0.4, 0.5) is 17.2 Å². The lowest BCUT2D eigenvalue weighted by Gasteiger charge is -2.31. The molecular formula is C33H41N5O3. The van der Waals surface area contributed by atoms with Crippen LogP contribution in [-0.2, 0) is 18.3 Å². The molecule has 4 aromatic rings. The van der Waals surface area contributed by atoms with Gasteiger partial charge in [0.05, 0.1) is 11.7 Å². The predicted octanol–water partition coefficient (Wildman–Crippen LogP) is 5.74. The third-order valence-corrected chi connectivity index (χ3v) is 7.91. The zero-order valence-corrected chi connectivity index (χ0v) is 24.5. The number of likely N-dealkylation sites (tertiary alicyclic amines) is 1. The van der Waals surface area contributed by atoms with E-state index in [0.29, 0.717) is 30.5 Å². The van der Waals surface area contributed by atoms with Gasteiger partial charge in [0.25, 0.3) is 5.91 Å². The number of aryl methyl sites for hydroxylation is 1. The van der Waals surface area contributed by atoms with E-state index in [2.05, 4.69) is 48.9 Å². The van der Waals surface area contributed by atoms with Crippen molar-refractivity contribution in [2.75, 3.05) is 37.0 Å². The highest BCUT2D eigenvalue weighted by Crippen LogP contribution is 2.31. The van der Waals surface area contributed by atoms with Gasteiger partial charge in [0, 0.05) is 86.6 Å². The largest absolute Gasteiger partial charge is 0.390 e. The van der Waals surface area contributed by atoms with Crippen LogP contribution in [0.5, 0.6) is 0 Å². The topological polar surface area (TPSA) is 82.9 Å². The molecule has 2 aromatic carbocycles. The first kappa shape index (κ1) is 28.8. The number of hydrogen-bond acceptors (Lipinski definition) is 6. The summed E-state index contributed by atoms with van der Waals surface area (Å²) in [6.07, 6.45) is 6.80. The Kier molecular flexibility index (Phi) is 8.73. The summed E-state index contributed by atoms with van der Waals surface area (Å²) < 4.78 is 7.57. The summed E-state index contributed by atoms with van der Waals surface area (Å²) in [5, 5.41) is 14.6. The number of pyridine rings is 1. The molecule has 5 rings (SSSR count). The molecule has 8 heteroatoms. The molecule has 1 aliphatic rings. The average molecular weight is 556 g/mol. The molecule has 1 amide bonds. The maximum absolute atomic E-state index is 13.1. The lowest BCUT2D eigenvalue weighted by molar-refractivity contribution is 0.0388. The number of carbonyl (C=O) groups is 1. The Bertz CT molecular complexity index is 1470. The van der Waals surface area contributed by atoms with Gasteiger partial charge in [-0.15, -0.1) is 0 Å². The van der Waals surface area contributed by atoms with Crippen molar-refractivity contribution < 1.29 is 14.6 Å². The van der Waals surface area contributed by atoms with Gasteiger partial charge in [-0.25, -0.2) is 4.98 Å². The molecule has 0 spiro atoms. The van der Waals surface area contributed by atoms with Crippen molar-refractivity contribution in [3.8, 4) is 0 Å². The number of carbonyl (C=O) groups excluding carboxylic acids is 1. The van der Waals surface area contributed by atoms with Crippen LogP contribution in [0.2, 0.25) is 0 Å². The molecule has 1 fully saturated rings. The normalized spacial score (nSPS) is 14.9. The van der Waals surface area contributed by atoms with Crippen LogP contribution in [0, 0.1) is 0 Å². The van der Waals surface area contributed by atoms with Crippen LogP contribution in [0.25, 0.3) is 10.9 Å². The van der Waals surface area contributed by atoms with E-state index in [-0.39, 0.29) is 5.91 Å². The number of rotatable bonds is 10. The number of ether oxygens (including phenoxy) is 1. The summed E-state index contributed by atoms with van der Waals surface area (Å²) in [6.45, 7) is 7.15. The molecule has 41 heavy (non-hydrogen) atoms. The van der Waals surface area contributed by atoms with Crippen LogP contribution in [-0.4, -0.2) is 63.9 Å². The number of aliphatic hydroxyl groups is 1. The summed E-state index contributed by atoms with van der Waals surface area (Å²) in [5.74, 6) is 0.280. The van der Waals surface area contributed by atoms with Crippen LogP contribution >= 0.6 is 0 Å². The Hall–Kier alpha value is -3.72. The smallest absolute Gasteiger partial charge is 0.256 e. The van der Waals surface area contributed by atoms with Crippen LogP contribution < -0.4 is 10.2 Å². The minimum absolute atomic E-state index is 0.198. The molecule has 1 saturated heterocycles. The average Bonchev–Trinajstić information content (AvgIpc) is 3.33. The standard InChI is InChI=1S/C33H41N5O3/c1-33(2,40)15-20-38(27-9-10-30-26(21-27)12-17-36(30)3)28-11-16-34-31(22-28)35-32(39)25-7-5-24(6-8-25)23-37-18-13-29(41-4)14-19-37/h5-12,16-17,21-22,29,40H,13-15,18-20,23H2,1-4H3,(H,34,35,39). The van der Waals surface area contributed by atoms with Crippen LogP contribution in [0.1, 0.15) is 49.0 Å². The fourth-order valence-corrected chi connectivity index (χ4v) is 5.40. The van der Waals surface area contributed by atoms with Crippen LogP contribution in [0.15, 0.2) is 73.1 Å². The Morgan fingerprint density at radius 3 is 2.51 bits per heavy atom. The Labute approximate surface area is 242 Å². The van der Waals surface area contributed by atoms with Gasteiger partial charge in [0.2, 0.25) is 0 Å². The first-order valence-corrected chi connectivity index (χ1v) is 14.3. The lowest BCUT2D eigenvalue weighted by atomic mass is 10.0. The molecule has 3 heterocycles. The van der Waals surface area contributed by atoms with Crippen molar-refractivity contribution in [2.45, 2.75) is 51.4 Å². The highest BCUT2D eigenvalue weighted by atomic mass is 16.5. The molecule has 1 aliphatic heterocycles. The van der Waals surface area contributed by atoms with Gasteiger partial charge < -0.3 is 24.6 Å². The first-order chi connectivity index (χ1) is 19.7. The molecule has 2 aromatic heterocycles. The third kappa shape index (κ3) is 7.33. The molecule has 0 unspecified atom stereocenters. The van der Waals surface area contributed by atoms with Gasteiger partial charge >= 0.3 is 0 Å². The number of hydrogen-bond donors (Lipinski definition) is 2. The number of benzene rings is 2. The summed E-state index contributed by atoms with van der Waals surface area (Å²) in [5.41, 5.74) is 4.02. The second kappa shape index (κ2) is 12.4. The lowest BCUT2D eigenvalue weighted by Crippen LogP contribution is -2.36. The van der Waals surface area contributed by atoms with E-state index >= 15 is 0 Å². The van der Waals surface area contributed by atoms with Crippen molar-refractivity contribution in [1.29, 1.82) is 0 Å². The maximum Gasteiger partial charge on any atom is 0.256 e. The van der Waals surface area contributed by atoms with E-state index < -0.39 is 5.60 Å². The Morgan fingerprint density at radius 1 is 1.07 bits per heavy atom. The summed E-state index contributed by atoms with van der Waals surface area (Å²) in [4.78, 5) is 22.1. The van der Waals surface area contributed by atoms with Gasteiger partial charge in [-0.2, -0.15) is 0 Å². The Morgan fingerprint density at radius 2 is 1.80 bits per heavy atom. The van der Waals surface area contributed by atoms with Gasteiger partial charge in [-0.05, 0) is 81.1 Å². The zero-order chi connectivity index (χ0) is 29.0. The summed E-state index contributed by atoms with van der Waals surface area (Å²) in [7, 11) is 3.82. The Balaban J connectivity index is 1.29. The van der Waals surface area contributed by atoms with Crippen LogP contribution in [0.3, 0.4) is 0 Å². The van der Waals surface area contributed by atoms with Crippen molar-refractivity contribution in [2.24, 2.45) is 7.05 Å². The number of fused-ring (bicyclic) bond motifs is 1. The second-order valence-corrected chi connectivity index (χ2v) is 11.6. The number of nitrogens with zero attached hydrogens (tertiary/aromatic N) is 4. The van der Waals surface area contributed by atoms with Crippen molar-refractivity contribution in [3.05, 3.63) is 84.2 Å². The van der Waals surface area contributed by atoms with Gasteiger partial charge in [0.15, 0.2) is 0 Å². The molecule has 0 radical (unpaired) electrons. The number of amides is 1. The maximum atomic E-state index is 13.1. The number of aromatic nitrogens is 2. The fourth-order valence-electron chi connectivity index (χ4n) is 5.40. The molecular weight excluding hydrogens is 514 g/mol. The molecule has 8 nitrogen and oxygen atoms in total. The molecule has 2 N–H and O–H groups in total. The highest BCUT2D eigenvalue weighted by Gasteiger charge is 2.20. The second-order valence-electron chi connectivity index (χ2n) is 11.6. The number of piperidine rings is 1. The first-order valence-electron chi connectivity index (χ1n) is 14.3. The number of nitrogens with one attached hydrogen (secondary N) is 1. The summed E-state index contributed by atoms with van der Waals surface area (Å²) in [6, 6.07) is 20.1. The monoisotopic (exact) mass is 555 g/mol. The molecule has 0 atom stereocenters. The minimum Gasteiger partial charge on any atom is -0.390 e. The van der Waals surface area contributed by atoms with E-state index in [1.54, 1.807) is 13.3 Å². The van der Waals surface area contributed by atoms with E-state index in [1.165, 1.54) is 5.56 Å². The van der Waals surface area contributed by atoms with Gasteiger partial charge in [0.1, 0.15) is 5.82 Å². The van der Waals surface area contributed by atoms with Crippen molar-refractivity contribution in [1.82, 2.24) is 14.5 Å². The number of anilines is 3. The molecule has 216 valence electrons. The highest BCUT2D eigenvalue weighted by molar-refractivity contribution is 6.04. The molecule has 0 bridgehead atoms. The van der Waals surface area contributed by atoms with Crippen molar-refractivity contribution in [3.63, 3.8) is 0 Å². The fraction of sp³-hybridized carbons (Fsp3) is 0.394. The van der Waals surface area contributed by atoms with E-state index in [9.17, 15) is 9.90 Å². The van der Waals surface area contributed by atoms with E-state index in [4.69, 9.17) is 4.74 Å². The van der Waals surface area contributed by atoms with E-state index in [1.807, 2.05) is 63.5 Å². The summed E-state index contributed by atoms with van der Waals surface area (Å²) >= 11 is 0. The third-order valence-electron chi connectivity index (χ3n) is 7.91. The van der Waals surface area contributed by atoms with E-state index in [0.717, 1.165) is 54.8 Å². The quantitative estimate of drug-likeness (QED) is 0.260. The zero-order valence-electron chi connectivity index (χ0n) is 24.5. The van der Waals surface area contributed by atoms with Crippen molar-refractivity contribution >= 4 is 34.0 Å². The minimum atomic E-state index is -0.814. The van der Waals surface area contributed by atoms with Gasteiger partial charge in [-0.3, -0.25) is 9.69 Å². The van der Waals surface area contributed by atoms with Gasteiger partial charge in [-0.1, -0.05) is 12.1 Å². The molecule has 0 aliphatic carbocycles. The predicted molar refractivity (Wildman–Crippen MR) is 165 cm³/mol. The SMILES string of the molecule is COC1CCN(Cc2ccc(C(=O)Nc3cc(N(CCC(C)(C)O)c4ccc5c(ccn5C)c4)ccn3)cc2)CC1. The molecule has 0 saturated carbocycles. The number of methoxy groups -OCH3 is 1.